The summed E-state index contributed by atoms with van der Waals surface area (Å²) in [6.45, 7) is 5.48. The van der Waals surface area contributed by atoms with E-state index in [0.29, 0.717) is 6.42 Å². The van der Waals surface area contributed by atoms with Gasteiger partial charge in [-0.25, -0.2) is 0 Å². The molecule has 0 rings (SSSR count). The number of ketones is 1. The fourth-order valence-corrected chi connectivity index (χ4v) is 0.730. The van der Waals surface area contributed by atoms with Gasteiger partial charge >= 0.3 is 0 Å². The SMILES string of the molecule is CCCOCCC=CC(=O)CC. The van der Waals surface area contributed by atoms with Gasteiger partial charge in [-0.1, -0.05) is 19.9 Å². The van der Waals surface area contributed by atoms with Crippen molar-refractivity contribution < 1.29 is 9.53 Å². The standard InChI is InChI=1S/C10H18O2/c1-3-8-12-9-6-5-7-10(11)4-2/h5,7H,3-4,6,8-9H2,1-2H3. The number of hydrogen-bond donors (Lipinski definition) is 0. The number of allylic oxidation sites excluding steroid dienone is 1. The Balaban J connectivity index is 3.18. The van der Waals surface area contributed by atoms with Crippen LogP contribution in [-0.4, -0.2) is 19.0 Å². The summed E-state index contributed by atoms with van der Waals surface area (Å²) < 4.78 is 5.24. The third-order valence-corrected chi connectivity index (χ3v) is 1.43. The summed E-state index contributed by atoms with van der Waals surface area (Å²) in [7, 11) is 0. The Kier molecular flexibility index (Phi) is 8.02. The van der Waals surface area contributed by atoms with Crippen molar-refractivity contribution in [2.24, 2.45) is 0 Å². The monoisotopic (exact) mass is 170 g/mol. The highest BCUT2D eigenvalue weighted by molar-refractivity contribution is 5.89. The molecule has 0 aliphatic heterocycles. The van der Waals surface area contributed by atoms with Crippen LogP contribution in [0.25, 0.3) is 0 Å². The molecule has 2 nitrogen and oxygen atoms in total. The first-order valence-electron chi connectivity index (χ1n) is 4.58. The molecule has 0 fully saturated rings. The molecule has 0 spiro atoms. The normalized spacial score (nSPS) is 10.8. The van der Waals surface area contributed by atoms with E-state index in [9.17, 15) is 4.79 Å². The van der Waals surface area contributed by atoms with Crippen LogP contribution in [0.5, 0.6) is 0 Å². The molecule has 0 aromatic rings. The number of ether oxygens (including phenoxy) is 1. The average Bonchev–Trinajstić information content (AvgIpc) is 2.10. The van der Waals surface area contributed by atoms with Crippen molar-refractivity contribution in [1.82, 2.24) is 0 Å². The highest BCUT2D eigenvalue weighted by Gasteiger charge is 1.88. The van der Waals surface area contributed by atoms with Crippen molar-refractivity contribution in [2.75, 3.05) is 13.2 Å². The van der Waals surface area contributed by atoms with E-state index in [4.69, 9.17) is 4.74 Å². The zero-order chi connectivity index (χ0) is 9.23. The van der Waals surface area contributed by atoms with Gasteiger partial charge in [0.05, 0.1) is 6.61 Å². The van der Waals surface area contributed by atoms with E-state index in [1.165, 1.54) is 0 Å². The van der Waals surface area contributed by atoms with Gasteiger partial charge in [0.15, 0.2) is 5.78 Å². The molecule has 0 unspecified atom stereocenters. The second-order valence-corrected chi connectivity index (χ2v) is 2.62. The molecular formula is C10H18O2. The van der Waals surface area contributed by atoms with E-state index in [-0.39, 0.29) is 5.78 Å². The fraction of sp³-hybridized carbons (Fsp3) is 0.700. The fourth-order valence-electron chi connectivity index (χ4n) is 0.730. The molecule has 0 amide bonds. The van der Waals surface area contributed by atoms with Gasteiger partial charge in [0.2, 0.25) is 0 Å². The molecule has 0 heterocycles. The van der Waals surface area contributed by atoms with Crippen molar-refractivity contribution in [3.05, 3.63) is 12.2 Å². The first kappa shape index (κ1) is 11.4. The van der Waals surface area contributed by atoms with E-state index in [1.54, 1.807) is 6.08 Å². The summed E-state index contributed by atoms with van der Waals surface area (Å²) in [5, 5.41) is 0. The molecule has 0 saturated carbocycles. The van der Waals surface area contributed by atoms with Gasteiger partial charge < -0.3 is 4.74 Å². The molecule has 0 aliphatic rings. The van der Waals surface area contributed by atoms with Crippen LogP contribution in [0.3, 0.4) is 0 Å². The van der Waals surface area contributed by atoms with Gasteiger partial charge in [-0.3, -0.25) is 4.79 Å². The van der Waals surface area contributed by atoms with Gasteiger partial charge in [-0.2, -0.15) is 0 Å². The lowest BCUT2D eigenvalue weighted by atomic mass is 10.2. The maximum absolute atomic E-state index is 10.8. The summed E-state index contributed by atoms with van der Waals surface area (Å²) in [5.74, 6) is 0.186. The van der Waals surface area contributed by atoms with Crippen LogP contribution in [0, 0.1) is 0 Å². The lowest BCUT2D eigenvalue weighted by molar-refractivity contribution is -0.114. The molecule has 0 bridgehead atoms. The Hall–Kier alpha value is -0.630. The molecule has 0 aromatic carbocycles. The van der Waals surface area contributed by atoms with Crippen LogP contribution in [0.1, 0.15) is 33.1 Å². The predicted molar refractivity (Wildman–Crippen MR) is 50.2 cm³/mol. The zero-order valence-corrected chi connectivity index (χ0v) is 8.01. The Bertz CT molecular complexity index is 139. The van der Waals surface area contributed by atoms with E-state index in [2.05, 4.69) is 6.92 Å². The Morgan fingerprint density at radius 2 is 2.08 bits per heavy atom. The van der Waals surface area contributed by atoms with Crippen molar-refractivity contribution in [1.29, 1.82) is 0 Å². The van der Waals surface area contributed by atoms with Crippen LogP contribution in [-0.2, 0) is 9.53 Å². The summed E-state index contributed by atoms with van der Waals surface area (Å²) in [6, 6.07) is 0. The number of rotatable bonds is 7. The van der Waals surface area contributed by atoms with Gasteiger partial charge in [0, 0.05) is 13.0 Å². The van der Waals surface area contributed by atoms with Gasteiger partial charge in [0.1, 0.15) is 0 Å². The Morgan fingerprint density at radius 3 is 2.67 bits per heavy atom. The van der Waals surface area contributed by atoms with Gasteiger partial charge in [0.25, 0.3) is 0 Å². The maximum atomic E-state index is 10.8. The van der Waals surface area contributed by atoms with Gasteiger partial charge in [-0.15, -0.1) is 0 Å². The third-order valence-electron chi connectivity index (χ3n) is 1.43. The van der Waals surface area contributed by atoms with Crippen LogP contribution in [0.2, 0.25) is 0 Å². The highest BCUT2D eigenvalue weighted by Crippen LogP contribution is 1.89. The second-order valence-electron chi connectivity index (χ2n) is 2.62. The van der Waals surface area contributed by atoms with Crippen molar-refractivity contribution in [2.45, 2.75) is 33.1 Å². The zero-order valence-electron chi connectivity index (χ0n) is 8.01. The lowest BCUT2D eigenvalue weighted by Gasteiger charge is -1.97. The summed E-state index contributed by atoms with van der Waals surface area (Å²) in [4.78, 5) is 10.8. The van der Waals surface area contributed by atoms with E-state index in [0.717, 1.165) is 26.1 Å². The Morgan fingerprint density at radius 1 is 1.33 bits per heavy atom. The molecule has 70 valence electrons. The Labute approximate surface area is 74.6 Å². The molecule has 0 radical (unpaired) electrons. The lowest BCUT2D eigenvalue weighted by Crippen LogP contribution is -1.94. The van der Waals surface area contributed by atoms with Crippen molar-refractivity contribution in [3.8, 4) is 0 Å². The minimum absolute atomic E-state index is 0.186. The maximum Gasteiger partial charge on any atom is 0.155 e. The molecule has 0 aromatic heterocycles. The van der Waals surface area contributed by atoms with Crippen LogP contribution in [0.4, 0.5) is 0 Å². The molecule has 0 atom stereocenters. The smallest absolute Gasteiger partial charge is 0.155 e. The largest absolute Gasteiger partial charge is 0.381 e. The number of carbonyl (C=O) groups excluding carboxylic acids is 1. The number of carbonyl (C=O) groups is 1. The number of hydrogen-bond acceptors (Lipinski definition) is 2. The third kappa shape index (κ3) is 7.48. The second kappa shape index (κ2) is 8.47. The first-order valence-corrected chi connectivity index (χ1v) is 4.58. The quantitative estimate of drug-likeness (QED) is 0.433. The molecule has 0 N–H and O–H groups in total. The molecule has 2 heteroatoms. The van der Waals surface area contributed by atoms with E-state index in [1.807, 2.05) is 13.0 Å². The predicted octanol–water partition coefficient (Wildman–Crippen LogP) is 2.34. The topological polar surface area (TPSA) is 26.3 Å². The minimum Gasteiger partial charge on any atom is -0.381 e. The molecule has 0 saturated heterocycles. The van der Waals surface area contributed by atoms with Crippen molar-refractivity contribution >= 4 is 5.78 Å². The van der Waals surface area contributed by atoms with Gasteiger partial charge in [-0.05, 0) is 18.9 Å². The van der Waals surface area contributed by atoms with Crippen LogP contribution < -0.4 is 0 Å². The first-order chi connectivity index (χ1) is 5.81. The van der Waals surface area contributed by atoms with E-state index >= 15 is 0 Å². The van der Waals surface area contributed by atoms with Crippen LogP contribution in [0.15, 0.2) is 12.2 Å². The highest BCUT2D eigenvalue weighted by atomic mass is 16.5. The average molecular weight is 170 g/mol. The van der Waals surface area contributed by atoms with Crippen LogP contribution >= 0.6 is 0 Å². The minimum atomic E-state index is 0.186. The summed E-state index contributed by atoms with van der Waals surface area (Å²) >= 11 is 0. The summed E-state index contributed by atoms with van der Waals surface area (Å²) in [6.07, 6.45) is 5.99. The molecule has 12 heavy (non-hydrogen) atoms. The summed E-state index contributed by atoms with van der Waals surface area (Å²) in [5.41, 5.74) is 0. The molecule has 0 aliphatic carbocycles. The van der Waals surface area contributed by atoms with E-state index < -0.39 is 0 Å². The van der Waals surface area contributed by atoms with Crippen molar-refractivity contribution in [3.63, 3.8) is 0 Å². The molecular weight excluding hydrogens is 152 g/mol.